The number of hydrogen-bond donors (Lipinski definition) is 3. The highest BCUT2D eigenvalue weighted by atomic mass is 16.5. The molecule has 0 spiro atoms. The van der Waals surface area contributed by atoms with E-state index >= 15 is 0 Å². The number of rotatable bonds is 9. The van der Waals surface area contributed by atoms with Crippen molar-refractivity contribution in [2.24, 2.45) is 5.92 Å². The SMILES string of the molecule is O=C(CCCOc1ccc2c(c1)CCC(=O)N2)NCc1cccc(NC(=O)C2CCCC2)c1. The highest BCUT2D eigenvalue weighted by molar-refractivity contribution is 5.94. The van der Waals surface area contributed by atoms with Crippen LogP contribution < -0.4 is 20.7 Å². The van der Waals surface area contributed by atoms with Crippen molar-refractivity contribution < 1.29 is 19.1 Å². The van der Waals surface area contributed by atoms with Gasteiger partial charge in [0, 0.05) is 36.7 Å². The fourth-order valence-electron chi connectivity index (χ4n) is 4.35. The number of nitrogens with one attached hydrogen (secondary N) is 3. The van der Waals surface area contributed by atoms with Crippen LogP contribution in [0.4, 0.5) is 11.4 Å². The van der Waals surface area contributed by atoms with Crippen molar-refractivity contribution in [3.05, 3.63) is 53.6 Å². The van der Waals surface area contributed by atoms with E-state index in [2.05, 4.69) is 16.0 Å². The summed E-state index contributed by atoms with van der Waals surface area (Å²) in [6.45, 7) is 0.866. The van der Waals surface area contributed by atoms with Gasteiger partial charge in [0.25, 0.3) is 0 Å². The number of carbonyl (C=O) groups is 3. The first-order valence-corrected chi connectivity index (χ1v) is 11.8. The Morgan fingerprint density at radius 2 is 1.91 bits per heavy atom. The number of anilines is 2. The highest BCUT2D eigenvalue weighted by Crippen LogP contribution is 2.27. The Labute approximate surface area is 194 Å². The zero-order valence-corrected chi connectivity index (χ0v) is 18.8. The van der Waals surface area contributed by atoms with Gasteiger partial charge in [-0.1, -0.05) is 25.0 Å². The summed E-state index contributed by atoms with van der Waals surface area (Å²) in [5, 5.41) is 8.79. The summed E-state index contributed by atoms with van der Waals surface area (Å²) in [5.74, 6) is 0.978. The monoisotopic (exact) mass is 449 g/mol. The van der Waals surface area contributed by atoms with Gasteiger partial charge in [0.2, 0.25) is 17.7 Å². The van der Waals surface area contributed by atoms with E-state index in [9.17, 15) is 14.4 Å². The Kier molecular flexibility index (Phi) is 7.60. The second-order valence-corrected chi connectivity index (χ2v) is 8.77. The lowest BCUT2D eigenvalue weighted by Crippen LogP contribution is -2.23. The molecule has 2 aliphatic rings. The molecular weight excluding hydrogens is 418 g/mol. The molecule has 7 heteroatoms. The average molecular weight is 450 g/mol. The van der Waals surface area contributed by atoms with Gasteiger partial charge >= 0.3 is 0 Å². The molecule has 1 heterocycles. The normalized spacial score (nSPS) is 15.5. The Morgan fingerprint density at radius 3 is 2.76 bits per heavy atom. The summed E-state index contributed by atoms with van der Waals surface area (Å²) in [4.78, 5) is 36.0. The molecular formula is C26H31N3O4. The van der Waals surface area contributed by atoms with Gasteiger partial charge in [-0.25, -0.2) is 0 Å². The van der Waals surface area contributed by atoms with E-state index in [0.29, 0.717) is 38.8 Å². The van der Waals surface area contributed by atoms with Crippen LogP contribution in [-0.4, -0.2) is 24.3 Å². The molecule has 2 aromatic rings. The molecule has 7 nitrogen and oxygen atoms in total. The maximum atomic E-state index is 12.3. The van der Waals surface area contributed by atoms with E-state index in [4.69, 9.17) is 4.74 Å². The van der Waals surface area contributed by atoms with Crippen LogP contribution in [0.25, 0.3) is 0 Å². The van der Waals surface area contributed by atoms with E-state index in [0.717, 1.165) is 53.9 Å². The maximum Gasteiger partial charge on any atom is 0.227 e. The van der Waals surface area contributed by atoms with Crippen LogP contribution in [0.2, 0.25) is 0 Å². The summed E-state index contributed by atoms with van der Waals surface area (Å²) >= 11 is 0. The van der Waals surface area contributed by atoms with E-state index in [-0.39, 0.29) is 23.6 Å². The van der Waals surface area contributed by atoms with Crippen molar-refractivity contribution in [1.82, 2.24) is 5.32 Å². The van der Waals surface area contributed by atoms with Crippen LogP contribution >= 0.6 is 0 Å². The second kappa shape index (κ2) is 11.0. The summed E-state index contributed by atoms with van der Waals surface area (Å²) in [6.07, 6.45) is 6.38. The summed E-state index contributed by atoms with van der Waals surface area (Å²) in [5.41, 5.74) is 3.65. The molecule has 0 saturated heterocycles. The average Bonchev–Trinajstić information content (AvgIpc) is 3.36. The van der Waals surface area contributed by atoms with Gasteiger partial charge in [0.1, 0.15) is 5.75 Å². The molecule has 1 aliphatic heterocycles. The van der Waals surface area contributed by atoms with Crippen LogP contribution in [-0.2, 0) is 27.3 Å². The fraction of sp³-hybridized carbons (Fsp3) is 0.423. The van der Waals surface area contributed by atoms with Gasteiger partial charge in [-0.05, 0) is 67.1 Å². The first kappa shape index (κ1) is 22.8. The van der Waals surface area contributed by atoms with Crippen LogP contribution in [0.1, 0.15) is 56.1 Å². The van der Waals surface area contributed by atoms with E-state index in [1.165, 1.54) is 0 Å². The van der Waals surface area contributed by atoms with E-state index in [1.807, 2.05) is 42.5 Å². The van der Waals surface area contributed by atoms with Gasteiger partial charge in [-0.15, -0.1) is 0 Å². The maximum absolute atomic E-state index is 12.3. The van der Waals surface area contributed by atoms with Crippen LogP contribution in [0.5, 0.6) is 5.75 Å². The first-order valence-electron chi connectivity index (χ1n) is 11.8. The van der Waals surface area contributed by atoms with Crippen molar-refractivity contribution in [3.8, 4) is 5.75 Å². The molecule has 0 unspecified atom stereocenters. The van der Waals surface area contributed by atoms with Crippen molar-refractivity contribution in [2.75, 3.05) is 17.2 Å². The predicted molar refractivity (Wildman–Crippen MR) is 127 cm³/mol. The molecule has 1 saturated carbocycles. The lowest BCUT2D eigenvalue weighted by molar-refractivity contribution is -0.121. The minimum atomic E-state index is -0.0350. The molecule has 4 rings (SSSR count). The standard InChI is InChI=1S/C26H31N3O4/c30-24(9-4-14-33-22-11-12-23-20(16-22)10-13-25(31)29-23)27-17-18-5-3-8-21(15-18)28-26(32)19-6-1-2-7-19/h3,5,8,11-12,15-16,19H,1-2,4,6-7,9-10,13-14,17H2,(H,27,30)(H,28,32)(H,29,31). The zero-order valence-electron chi connectivity index (χ0n) is 18.8. The van der Waals surface area contributed by atoms with Gasteiger partial charge < -0.3 is 20.7 Å². The summed E-state index contributed by atoms with van der Waals surface area (Å²) in [7, 11) is 0. The molecule has 1 fully saturated rings. The minimum Gasteiger partial charge on any atom is -0.494 e. The molecule has 0 radical (unpaired) electrons. The number of fused-ring (bicyclic) bond motifs is 1. The van der Waals surface area contributed by atoms with Crippen LogP contribution in [0, 0.1) is 5.92 Å². The molecule has 2 aromatic carbocycles. The van der Waals surface area contributed by atoms with Gasteiger partial charge in [-0.3, -0.25) is 14.4 Å². The molecule has 3 N–H and O–H groups in total. The van der Waals surface area contributed by atoms with Crippen molar-refractivity contribution in [2.45, 2.75) is 57.9 Å². The van der Waals surface area contributed by atoms with Crippen molar-refractivity contribution in [3.63, 3.8) is 0 Å². The Morgan fingerprint density at radius 1 is 1.06 bits per heavy atom. The van der Waals surface area contributed by atoms with Crippen LogP contribution in [0.15, 0.2) is 42.5 Å². The number of hydrogen-bond acceptors (Lipinski definition) is 4. The Balaban J connectivity index is 1.16. The third-order valence-electron chi connectivity index (χ3n) is 6.20. The predicted octanol–water partition coefficient (Wildman–Crippen LogP) is 4.18. The van der Waals surface area contributed by atoms with E-state index in [1.54, 1.807) is 0 Å². The molecule has 1 aliphatic carbocycles. The molecule has 0 atom stereocenters. The smallest absolute Gasteiger partial charge is 0.227 e. The zero-order chi connectivity index (χ0) is 23.0. The minimum absolute atomic E-state index is 0.0350. The van der Waals surface area contributed by atoms with Crippen LogP contribution in [0.3, 0.4) is 0 Å². The molecule has 0 aromatic heterocycles. The Bertz CT molecular complexity index is 1010. The van der Waals surface area contributed by atoms with Gasteiger partial charge in [-0.2, -0.15) is 0 Å². The van der Waals surface area contributed by atoms with E-state index < -0.39 is 0 Å². The molecule has 0 bridgehead atoms. The van der Waals surface area contributed by atoms with Crippen molar-refractivity contribution >= 4 is 29.1 Å². The lowest BCUT2D eigenvalue weighted by atomic mass is 10.0. The molecule has 33 heavy (non-hydrogen) atoms. The largest absolute Gasteiger partial charge is 0.494 e. The molecule has 174 valence electrons. The highest BCUT2D eigenvalue weighted by Gasteiger charge is 2.22. The van der Waals surface area contributed by atoms with Gasteiger partial charge in [0.15, 0.2) is 0 Å². The number of carbonyl (C=O) groups excluding carboxylic acids is 3. The van der Waals surface area contributed by atoms with Crippen molar-refractivity contribution in [1.29, 1.82) is 0 Å². The fourth-order valence-corrected chi connectivity index (χ4v) is 4.35. The number of aryl methyl sites for hydroxylation is 1. The third kappa shape index (κ3) is 6.57. The quantitative estimate of drug-likeness (QED) is 0.501. The lowest BCUT2D eigenvalue weighted by Gasteiger charge is -2.17. The topological polar surface area (TPSA) is 96.5 Å². The number of benzene rings is 2. The second-order valence-electron chi connectivity index (χ2n) is 8.77. The number of amides is 3. The van der Waals surface area contributed by atoms with Gasteiger partial charge in [0.05, 0.1) is 6.61 Å². The third-order valence-corrected chi connectivity index (χ3v) is 6.20. The summed E-state index contributed by atoms with van der Waals surface area (Å²) in [6, 6.07) is 13.3. The summed E-state index contributed by atoms with van der Waals surface area (Å²) < 4.78 is 5.77. The Hall–Kier alpha value is -3.35. The molecule has 3 amide bonds. The number of ether oxygens (including phenoxy) is 1. The first-order chi connectivity index (χ1) is 16.1.